The SMILES string of the molecule is CC(=NOc1ccc(OC(F)(F)F)cc1)c1nc(C2(CO)CCC2)c(C(N)=O)s1. The van der Waals surface area contributed by atoms with Crippen LogP contribution in [0.4, 0.5) is 13.2 Å². The fourth-order valence-corrected chi connectivity index (χ4v) is 3.91. The molecule has 1 fully saturated rings. The zero-order valence-corrected chi connectivity index (χ0v) is 16.1. The molecule has 2 aromatic rings. The highest BCUT2D eigenvalue weighted by molar-refractivity contribution is 7.15. The normalized spacial score (nSPS) is 16.2. The number of aliphatic hydroxyl groups is 1. The molecule has 1 aliphatic rings. The van der Waals surface area contributed by atoms with Crippen molar-refractivity contribution < 1.29 is 32.6 Å². The number of primary amides is 1. The third-order valence-electron chi connectivity index (χ3n) is 4.62. The van der Waals surface area contributed by atoms with E-state index in [9.17, 15) is 23.1 Å². The second-order valence-electron chi connectivity index (χ2n) is 6.64. The number of carbonyl (C=O) groups is 1. The van der Waals surface area contributed by atoms with Gasteiger partial charge in [0.25, 0.3) is 5.91 Å². The fraction of sp³-hybridized carbons (Fsp3) is 0.389. The zero-order valence-electron chi connectivity index (χ0n) is 15.3. The van der Waals surface area contributed by atoms with Gasteiger partial charge in [-0.05, 0) is 44.0 Å². The molecule has 1 aliphatic carbocycles. The van der Waals surface area contributed by atoms with Gasteiger partial charge >= 0.3 is 6.36 Å². The van der Waals surface area contributed by atoms with Crippen LogP contribution in [0.5, 0.6) is 11.5 Å². The molecule has 0 aliphatic heterocycles. The Balaban J connectivity index is 1.77. The average molecular weight is 429 g/mol. The van der Waals surface area contributed by atoms with Crippen LogP contribution in [0, 0.1) is 0 Å². The molecule has 11 heteroatoms. The molecule has 1 heterocycles. The summed E-state index contributed by atoms with van der Waals surface area (Å²) in [6.45, 7) is 1.48. The molecule has 0 spiro atoms. The number of halogens is 3. The number of oxime groups is 1. The molecule has 0 atom stereocenters. The van der Waals surface area contributed by atoms with Gasteiger partial charge in [-0.2, -0.15) is 0 Å². The van der Waals surface area contributed by atoms with Crippen LogP contribution in [0.25, 0.3) is 0 Å². The number of carbonyl (C=O) groups excluding carboxylic acids is 1. The van der Waals surface area contributed by atoms with Crippen LogP contribution >= 0.6 is 11.3 Å². The van der Waals surface area contributed by atoms with Gasteiger partial charge in [0.05, 0.1) is 12.3 Å². The van der Waals surface area contributed by atoms with Crippen LogP contribution < -0.4 is 15.3 Å². The molecule has 0 saturated heterocycles. The van der Waals surface area contributed by atoms with E-state index < -0.39 is 17.7 Å². The summed E-state index contributed by atoms with van der Waals surface area (Å²) in [6, 6.07) is 4.74. The number of nitrogens with zero attached hydrogens (tertiary/aromatic N) is 2. The summed E-state index contributed by atoms with van der Waals surface area (Å²) in [5, 5.41) is 14.1. The molecule has 1 saturated carbocycles. The summed E-state index contributed by atoms with van der Waals surface area (Å²) in [4.78, 5) is 21.8. The minimum Gasteiger partial charge on any atom is -0.406 e. The van der Waals surface area contributed by atoms with Gasteiger partial charge in [-0.1, -0.05) is 11.6 Å². The first-order valence-electron chi connectivity index (χ1n) is 8.63. The highest BCUT2D eigenvalue weighted by Crippen LogP contribution is 2.45. The van der Waals surface area contributed by atoms with E-state index in [4.69, 9.17) is 10.6 Å². The number of alkyl halides is 3. The molecule has 3 N–H and O–H groups in total. The summed E-state index contributed by atoms with van der Waals surface area (Å²) < 4.78 is 40.3. The maximum atomic E-state index is 12.2. The first-order valence-corrected chi connectivity index (χ1v) is 9.45. The van der Waals surface area contributed by atoms with E-state index in [2.05, 4.69) is 14.9 Å². The van der Waals surface area contributed by atoms with E-state index in [0.717, 1.165) is 29.9 Å². The van der Waals surface area contributed by atoms with Gasteiger partial charge in [-0.25, -0.2) is 4.98 Å². The van der Waals surface area contributed by atoms with E-state index in [0.29, 0.717) is 29.3 Å². The van der Waals surface area contributed by atoms with Gasteiger partial charge in [0.15, 0.2) is 5.75 Å². The van der Waals surface area contributed by atoms with Gasteiger partial charge in [0, 0.05) is 5.41 Å². The summed E-state index contributed by atoms with van der Waals surface area (Å²) >= 11 is 1.06. The monoisotopic (exact) mass is 429 g/mol. The van der Waals surface area contributed by atoms with Gasteiger partial charge in [0.1, 0.15) is 21.3 Å². The van der Waals surface area contributed by atoms with Crippen molar-refractivity contribution in [2.45, 2.75) is 38.0 Å². The van der Waals surface area contributed by atoms with Gasteiger partial charge in [-0.3, -0.25) is 4.79 Å². The molecular formula is C18H18F3N3O4S. The Morgan fingerprint density at radius 1 is 1.31 bits per heavy atom. The standard InChI is InChI=1S/C18H18F3N3O4S/c1-10(24-28-12-5-3-11(4-6-12)27-18(19,20)21)16-23-14(13(29-16)15(22)26)17(9-25)7-2-8-17/h3-6,25H,2,7-9H2,1H3,(H2,22,26). The Labute approximate surface area is 167 Å². The van der Waals surface area contributed by atoms with Crippen molar-refractivity contribution in [2.24, 2.45) is 10.9 Å². The first-order chi connectivity index (χ1) is 13.6. The largest absolute Gasteiger partial charge is 0.573 e. The molecule has 1 aromatic carbocycles. The summed E-state index contributed by atoms with van der Waals surface area (Å²) in [5.74, 6) is -0.815. The summed E-state index contributed by atoms with van der Waals surface area (Å²) in [6.07, 6.45) is -2.42. The highest BCUT2D eigenvalue weighted by atomic mass is 32.1. The number of ether oxygens (including phenoxy) is 1. The lowest BCUT2D eigenvalue weighted by Gasteiger charge is -2.39. The van der Waals surface area contributed by atoms with Crippen molar-refractivity contribution >= 4 is 23.0 Å². The molecular weight excluding hydrogens is 411 g/mol. The molecule has 7 nitrogen and oxygen atoms in total. The van der Waals surface area contributed by atoms with Crippen molar-refractivity contribution in [1.29, 1.82) is 0 Å². The number of rotatable bonds is 7. The fourth-order valence-electron chi connectivity index (χ4n) is 2.94. The van der Waals surface area contributed by atoms with Crippen LogP contribution in [-0.4, -0.2) is 34.7 Å². The third-order valence-corrected chi connectivity index (χ3v) is 5.80. The number of amides is 1. The predicted molar refractivity (Wildman–Crippen MR) is 99.2 cm³/mol. The quantitative estimate of drug-likeness (QED) is 0.519. The minimum absolute atomic E-state index is 0.129. The maximum absolute atomic E-state index is 12.2. The van der Waals surface area contributed by atoms with Crippen LogP contribution in [0.2, 0.25) is 0 Å². The predicted octanol–water partition coefficient (Wildman–Crippen LogP) is 3.36. The molecule has 3 rings (SSSR count). The number of nitrogens with two attached hydrogens (primary N) is 1. The van der Waals surface area contributed by atoms with Crippen molar-refractivity contribution in [3.63, 3.8) is 0 Å². The molecule has 156 valence electrons. The number of benzene rings is 1. The Hall–Kier alpha value is -2.66. The molecule has 0 radical (unpaired) electrons. The van der Waals surface area contributed by atoms with E-state index >= 15 is 0 Å². The van der Waals surface area contributed by atoms with E-state index in [-0.39, 0.29) is 23.0 Å². The molecule has 1 amide bonds. The Bertz CT molecular complexity index is 916. The zero-order chi connectivity index (χ0) is 21.2. The Morgan fingerprint density at radius 2 is 1.93 bits per heavy atom. The lowest BCUT2D eigenvalue weighted by molar-refractivity contribution is -0.274. The molecule has 1 aromatic heterocycles. The Kier molecular flexibility index (Phi) is 5.80. The molecule has 0 bridgehead atoms. The smallest absolute Gasteiger partial charge is 0.406 e. The van der Waals surface area contributed by atoms with E-state index in [1.165, 1.54) is 12.1 Å². The second-order valence-corrected chi connectivity index (χ2v) is 7.64. The number of aromatic nitrogens is 1. The summed E-state index contributed by atoms with van der Waals surface area (Å²) in [5.41, 5.74) is 5.73. The van der Waals surface area contributed by atoms with E-state index in [1.807, 2.05) is 0 Å². The second kappa shape index (κ2) is 7.99. The Morgan fingerprint density at radius 3 is 2.41 bits per heavy atom. The third kappa shape index (κ3) is 4.67. The molecule has 29 heavy (non-hydrogen) atoms. The van der Waals surface area contributed by atoms with Crippen molar-refractivity contribution in [3.8, 4) is 11.5 Å². The number of thiazole rings is 1. The van der Waals surface area contributed by atoms with Crippen molar-refractivity contribution in [2.75, 3.05) is 6.61 Å². The van der Waals surface area contributed by atoms with Gasteiger partial charge in [-0.15, -0.1) is 24.5 Å². The van der Waals surface area contributed by atoms with Crippen molar-refractivity contribution in [3.05, 3.63) is 39.8 Å². The van der Waals surface area contributed by atoms with Gasteiger partial charge in [0.2, 0.25) is 0 Å². The number of hydrogen-bond donors (Lipinski definition) is 2. The van der Waals surface area contributed by atoms with Crippen LogP contribution in [0.15, 0.2) is 29.4 Å². The molecule has 0 unspecified atom stereocenters. The highest BCUT2D eigenvalue weighted by Gasteiger charge is 2.43. The average Bonchev–Trinajstić information content (AvgIpc) is 3.05. The van der Waals surface area contributed by atoms with Gasteiger partial charge < -0.3 is 20.4 Å². The lowest BCUT2D eigenvalue weighted by atomic mass is 9.67. The topological polar surface area (TPSA) is 107 Å². The van der Waals surface area contributed by atoms with Crippen molar-refractivity contribution in [1.82, 2.24) is 4.98 Å². The van der Waals surface area contributed by atoms with Crippen LogP contribution in [0.1, 0.15) is 46.6 Å². The van der Waals surface area contributed by atoms with Crippen LogP contribution in [-0.2, 0) is 5.41 Å². The maximum Gasteiger partial charge on any atom is 0.573 e. The minimum atomic E-state index is -4.77. The first kappa shape index (κ1) is 21.1. The van der Waals surface area contributed by atoms with E-state index in [1.54, 1.807) is 6.92 Å². The van der Waals surface area contributed by atoms with Crippen LogP contribution in [0.3, 0.4) is 0 Å². The lowest BCUT2D eigenvalue weighted by Crippen LogP contribution is -2.40. The number of hydrogen-bond acceptors (Lipinski definition) is 7. The number of aliphatic hydroxyl groups excluding tert-OH is 1. The summed E-state index contributed by atoms with van der Waals surface area (Å²) in [7, 11) is 0.